The first kappa shape index (κ1) is 22.4. The topological polar surface area (TPSA) is 95.7 Å². The Morgan fingerprint density at radius 2 is 1.97 bits per heavy atom. The fraction of sp³-hybridized carbons (Fsp3) is 0.364. The summed E-state index contributed by atoms with van der Waals surface area (Å²) in [6.07, 6.45) is 0. The minimum absolute atomic E-state index is 0.0349. The van der Waals surface area contributed by atoms with Crippen LogP contribution in [0, 0.1) is 11.8 Å². The van der Waals surface area contributed by atoms with Crippen molar-refractivity contribution in [1.29, 1.82) is 0 Å². The van der Waals surface area contributed by atoms with Crippen LogP contribution < -0.4 is 10.3 Å². The minimum Gasteiger partial charge on any atom is -0.493 e. The van der Waals surface area contributed by atoms with Gasteiger partial charge in [-0.05, 0) is 31.5 Å². The zero-order chi connectivity index (χ0) is 24.0. The van der Waals surface area contributed by atoms with Gasteiger partial charge in [0.25, 0.3) is 17.4 Å². The number of benzene rings is 1. The van der Waals surface area contributed by atoms with Crippen LogP contribution in [-0.4, -0.2) is 58.4 Å². The second-order valence-corrected chi connectivity index (χ2v) is 7.71. The van der Waals surface area contributed by atoms with Crippen molar-refractivity contribution in [3.63, 3.8) is 0 Å². The Morgan fingerprint density at radius 3 is 2.61 bits per heavy atom. The van der Waals surface area contributed by atoms with Crippen LogP contribution in [0.15, 0.2) is 23.0 Å². The van der Waals surface area contributed by atoms with Crippen molar-refractivity contribution >= 4 is 22.8 Å². The number of amides is 1. The zero-order valence-corrected chi connectivity index (χ0v) is 18.5. The molecule has 3 aromatic rings. The molecule has 0 N–H and O–H groups in total. The van der Waals surface area contributed by atoms with Gasteiger partial charge >= 0.3 is 5.97 Å². The highest BCUT2D eigenvalue weighted by molar-refractivity contribution is 6.04. The molecule has 0 spiro atoms. The lowest BCUT2D eigenvalue weighted by molar-refractivity contribution is 0.0598. The second kappa shape index (κ2) is 8.30. The van der Waals surface area contributed by atoms with Crippen LogP contribution in [0.4, 0.5) is 8.78 Å². The fourth-order valence-electron chi connectivity index (χ4n) is 4.30. The number of rotatable bonds is 5. The van der Waals surface area contributed by atoms with Crippen LogP contribution in [0.1, 0.15) is 46.3 Å². The van der Waals surface area contributed by atoms with Gasteiger partial charge in [-0.2, -0.15) is 4.39 Å². The van der Waals surface area contributed by atoms with E-state index < -0.39 is 23.3 Å². The third-order valence-electron chi connectivity index (χ3n) is 5.81. The third-order valence-corrected chi connectivity index (χ3v) is 5.81. The molecule has 11 heteroatoms. The van der Waals surface area contributed by atoms with E-state index in [1.54, 1.807) is 4.90 Å². The number of methoxy groups -OCH3 is 2. The molecule has 0 fully saturated rings. The van der Waals surface area contributed by atoms with E-state index >= 15 is 4.39 Å². The molecule has 1 atom stereocenters. The summed E-state index contributed by atoms with van der Waals surface area (Å²) in [6.45, 7) is 4.09. The molecular weight excluding hydrogens is 438 g/mol. The third kappa shape index (κ3) is 3.43. The Bertz CT molecular complexity index is 1350. The van der Waals surface area contributed by atoms with Crippen LogP contribution in [0.25, 0.3) is 10.9 Å². The Hall–Kier alpha value is -3.76. The van der Waals surface area contributed by atoms with Gasteiger partial charge in [0, 0.05) is 19.1 Å². The van der Waals surface area contributed by atoms with Gasteiger partial charge in [0.1, 0.15) is 16.7 Å². The molecule has 0 bridgehead atoms. The van der Waals surface area contributed by atoms with Gasteiger partial charge in [0.05, 0.1) is 26.3 Å². The van der Waals surface area contributed by atoms with Crippen LogP contribution >= 0.6 is 0 Å². The molecular formula is C22H22F2N4O5. The largest absolute Gasteiger partial charge is 0.493 e. The lowest BCUT2D eigenvalue weighted by Crippen LogP contribution is -2.42. The molecule has 1 amide bonds. The maximum absolute atomic E-state index is 15.3. The molecule has 4 rings (SSSR count). The van der Waals surface area contributed by atoms with Gasteiger partial charge < -0.3 is 18.9 Å². The van der Waals surface area contributed by atoms with Gasteiger partial charge in [-0.3, -0.25) is 9.59 Å². The number of carbonyl (C=O) groups is 2. The van der Waals surface area contributed by atoms with E-state index in [4.69, 9.17) is 4.74 Å². The second-order valence-electron chi connectivity index (χ2n) is 7.71. The zero-order valence-electron chi connectivity index (χ0n) is 18.5. The highest BCUT2D eigenvalue weighted by atomic mass is 19.1. The van der Waals surface area contributed by atoms with E-state index in [1.165, 1.54) is 17.7 Å². The van der Waals surface area contributed by atoms with E-state index in [1.807, 2.05) is 13.8 Å². The summed E-state index contributed by atoms with van der Waals surface area (Å²) in [6, 6.07) is 3.06. The number of hydrogen-bond acceptors (Lipinski definition) is 6. The highest BCUT2D eigenvalue weighted by Gasteiger charge is 2.37. The molecule has 1 aliphatic heterocycles. The Kier molecular flexibility index (Phi) is 5.64. The standard InChI is InChI=1S/C22H22F2N4O5/c1-5-26-9-11(2)28-16-15(18(32-3)17(28)21(26)30)20(29)27(25-19(16)24)10-12-6-7-13(23)8-14(12)22(31)33-4/h6-8,11H,5,9-10H2,1-4H3. The molecule has 1 aliphatic rings. The van der Waals surface area contributed by atoms with Gasteiger partial charge in [-0.15, -0.1) is 5.10 Å². The molecule has 33 heavy (non-hydrogen) atoms. The van der Waals surface area contributed by atoms with E-state index in [0.29, 0.717) is 13.1 Å². The number of fused-ring (bicyclic) bond motifs is 3. The summed E-state index contributed by atoms with van der Waals surface area (Å²) in [5.41, 5.74) is -0.653. The van der Waals surface area contributed by atoms with Crippen molar-refractivity contribution < 1.29 is 27.8 Å². The van der Waals surface area contributed by atoms with Gasteiger partial charge in [0.15, 0.2) is 11.4 Å². The van der Waals surface area contributed by atoms with Crippen molar-refractivity contribution in [2.45, 2.75) is 26.4 Å². The number of nitrogens with zero attached hydrogens (tertiary/aromatic N) is 4. The lowest BCUT2D eigenvalue weighted by atomic mass is 10.1. The quantitative estimate of drug-likeness (QED) is 0.543. The van der Waals surface area contributed by atoms with Crippen LogP contribution in [-0.2, 0) is 11.3 Å². The normalized spacial score (nSPS) is 15.6. The van der Waals surface area contributed by atoms with Crippen LogP contribution in [0.2, 0.25) is 0 Å². The average molecular weight is 460 g/mol. The van der Waals surface area contributed by atoms with E-state index in [0.717, 1.165) is 23.9 Å². The summed E-state index contributed by atoms with van der Waals surface area (Å²) in [7, 11) is 2.44. The van der Waals surface area contributed by atoms with E-state index in [-0.39, 0.29) is 52.0 Å². The van der Waals surface area contributed by atoms with Crippen molar-refractivity contribution in [2.24, 2.45) is 0 Å². The number of carbonyl (C=O) groups excluding carboxylic acids is 2. The Morgan fingerprint density at radius 1 is 1.24 bits per heavy atom. The molecule has 0 radical (unpaired) electrons. The van der Waals surface area contributed by atoms with Gasteiger partial charge in [-0.25, -0.2) is 13.9 Å². The maximum Gasteiger partial charge on any atom is 0.338 e. The molecule has 2 aromatic heterocycles. The Balaban J connectivity index is 1.95. The van der Waals surface area contributed by atoms with Gasteiger partial charge in [-0.1, -0.05) is 6.07 Å². The monoisotopic (exact) mass is 460 g/mol. The fourth-order valence-corrected chi connectivity index (χ4v) is 4.30. The first-order valence-corrected chi connectivity index (χ1v) is 10.3. The average Bonchev–Trinajstić information content (AvgIpc) is 3.17. The summed E-state index contributed by atoms with van der Waals surface area (Å²) in [5.74, 6) is -2.86. The predicted octanol–water partition coefficient (Wildman–Crippen LogP) is 2.36. The molecule has 3 heterocycles. The van der Waals surface area contributed by atoms with E-state index in [9.17, 15) is 18.8 Å². The molecule has 1 aromatic carbocycles. The molecule has 9 nitrogen and oxygen atoms in total. The van der Waals surface area contributed by atoms with Crippen molar-refractivity contribution in [1.82, 2.24) is 19.2 Å². The van der Waals surface area contributed by atoms with Crippen molar-refractivity contribution in [2.75, 3.05) is 27.3 Å². The summed E-state index contributed by atoms with van der Waals surface area (Å²) in [4.78, 5) is 40.1. The number of ether oxygens (including phenoxy) is 2. The molecule has 0 saturated heterocycles. The number of esters is 1. The summed E-state index contributed by atoms with van der Waals surface area (Å²) in [5, 5.41) is 3.66. The number of likely N-dealkylation sites (N-methyl/N-ethyl adjacent to an activating group) is 1. The number of halogens is 2. The molecule has 0 aliphatic carbocycles. The maximum atomic E-state index is 15.3. The smallest absolute Gasteiger partial charge is 0.338 e. The SMILES string of the molecule is CCN1CC(C)n2c(c(OC)c3c(=O)n(Cc4ccc(F)cc4C(=O)OC)nc(F)c32)C1=O. The first-order valence-electron chi connectivity index (χ1n) is 10.3. The molecule has 0 saturated carbocycles. The van der Waals surface area contributed by atoms with Gasteiger partial charge in [0.2, 0.25) is 0 Å². The first-order chi connectivity index (χ1) is 15.7. The number of aromatic nitrogens is 3. The van der Waals surface area contributed by atoms with Crippen LogP contribution in [0.3, 0.4) is 0 Å². The molecule has 174 valence electrons. The van der Waals surface area contributed by atoms with Crippen molar-refractivity contribution in [3.05, 3.63) is 57.1 Å². The Labute approximate surface area is 187 Å². The van der Waals surface area contributed by atoms with Crippen LogP contribution in [0.5, 0.6) is 5.75 Å². The summed E-state index contributed by atoms with van der Waals surface area (Å²) < 4.78 is 41.4. The molecule has 1 unspecified atom stereocenters. The highest BCUT2D eigenvalue weighted by Crippen LogP contribution is 2.38. The summed E-state index contributed by atoms with van der Waals surface area (Å²) >= 11 is 0. The lowest BCUT2D eigenvalue weighted by Gasteiger charge is -2.32. The van der Waals surface area contributed by atoms with Crippen molar-refractivity contribution in [3.8, 4) is 5.75 Å². The minimum atomic E-state index is -0.972. The van der Waals surface area contributed by atoms with E-state index in [2.05, 4.69) is 9.84 Å². The predicted molar refractivity (Wildman–Crippen MR) is 114 cm³/mol. The number of hydrogen-bond donors (Lipinski definition) is 0.